The van der Waals surface area contributed by atoms with Gasteiger partial charge in [-0.15, -0.1) is 0 Å². The van der Waals surface area contributed by atoms with Gasteiger partial charge in [-0.2, -0.15) is 0 Å². The Hall–Kier alpha value is -1.55. The Morgan fingerprint density at radius 3 is 2.81 bits per heavy atom. The number of ether oxygens (including phenoxy) is 1. The van der Waals surface area contributed by atoms with Crippen LogP contribution in [0.25, 0.3) is 11.0 Å². The number of carbonyl (C=O) groups is 1. The molecule has 112 valence electrons. The number of esters is 1. The zero-order valence-electron chi connectivity index (χ0n) is 12.4. The number of carbonyl (C=O) groups excluding carboxylic acids is 1. The molecule has 0 amide bonds. The summed E-state index contributed by atoms with van der Waals surface area (Å²) < 4.78 is 7.39. The first-order valence-electron chi connectivity index (χ1n) is 7.46. The number of hydrogen-bond donors (Lipinski definition) is 0. The van der Waals surface area contributed by atoms with Crippen molar-refractivity contribution in [1.82, 2.24) is 9.55 Å². The molecule has 0 atom stereocenters. The Morgan fingerprint density at radius 2 is 2.19 bits per heavy atom. The minimum Gasteiger partial charge on any atom is -0.465 e. The second kappa shape index (κ2) is 5.34. The lowest BCUT2D eigenvalue weighted by Crippen LogP contribution is -2.27. The summed E-state index contributed by atoms with van der Waals surface area (Å²) >= 11 is 6.11. The van der Waals surface area contributed by atoms with Crippen LogP contribution in [0.2, 0.25) is 5.02 Å². The molecule has 1 heterocycles. The Labute approximate surface area is 129 Å². The van der Waals surface area contributed by atoms with Gasteiger partial charge in [-0.3, -0.25) is 4.79 Å². The number of aryl methyl sites for hydroxylation is 1. The molecule has 5 heteroatoms. The summed E-state index contributed by atoms with van der Waals surface area (Å²) in [5, 5.41) is 0.687. The van der Waals surface area contributed by atoms with E-state index in [-0.39, 0.29) is 5.97 Å². The van der Waals surface area contributed by atoms with Crippen molar-refractivity contribution < 1.29 is 9.53 Å². The number of nitrogens with zero attached hydrogens (tertiary/aromatic N) is 2. The third-order valence-corrected chi connectivity index (χ3v) is 4.24. The second-order valence-electron chi connectivity index (χ2n) is 5.52. The van der Waals surface area contributed by atoms with Crippen LogP contribution >= 0.6 is 11.6 Å². The normalized spacial score (nSPS) is 16.1. The summed E-state index contributed by atoms with van der Waals surface area (Å²) in [5.41, 5.74) is 1.34. The van der Waals surface area contributed by atoms with Crippen molar-refractivity contribution in [2.24, 2.45) is 0 Å². The lowest BCUT2D eigenvalue weighted by molar-refractivity contribution is -0.146. The van der Waals surface area contributed by atoms with Gasteiger partial charge in [-0.05, 0) is 44.4 Å². The average Bonchev–Trinajstić information content (AvgIpc) is 3.19. The van der Waals surface area contributed by atoms with E-state index in [2.05, 4.69) is 11.5 Å². The molecule has 1 aromatic carbocycles. The van der Waals surface area contributed by atoms with E-state index in [1.54, 1.807) is 0 Å². The van der Waals surface area contributed by atoms with Crippen molar-refractivity contribution in [3.63, 3.8) is 0 Å². The van der Waals surface area contributed by atoms with Gasteiger partial charge < -0.3 is 9.30 Å². The largest absolute Gasteiger partial charge is 0.465 e. The fraction of sp³-hybridized carbons (Fsp3) is 0.500. The highest BCUT2D eigenvalue weighted by Crippen LogP contribution is 2.49. The number of imidazole rings is 1. The fourth-order valence-electron chi connectivity index (χ4n) is 2.82. The zero-order valence-corrected chi connectivity index (χ0v) is 13.1. The van der Waals surface area contributed by atoms with Crippen LogP contribution < -0.4 is 0 Å². The highest BCUT2D eigenvalue weighted by atomic mass is 35.5. The van der Waals surface area contributed by atoms with E-state index in [1.165, 1.54) is 0 Å². The van der Waals surface area contributed by atoms with Crippen LogP contribution in [0.4, 0.5) is 0 Å². The van der Waals surface area contributed by atoms with Gasteiger partial charge in [0.2, 0.25) is 0 Å². The van der Waals surface area contributed by atoms with Crippen molar-refractivity contribution in [3.05, 3.63) is 29.0 Å². The maximum Gasteiger partial charge on any atom is 0.319 e. The molecule has 3 rings (SSSR count). The van der Waals surface area contributed by atoms with Gasteiger partial charge in [0.15, 0.2) is 0 Å². The van der Waals surface area contributed by atoms with Crippen molar-refractivity contribution in [2.45, 2.75) is 45.1 Å². The van der Waals surface area contributed by atoms with Crippen LogP contribution in [0.3, 0.4) is 0 Å². The van der Waals surface area contributed by atoms with Gasteiger partial charge in [0, 0.05) is 11.6 Å². The third-order valence-electron chi connectivity index (χ3n) is 4.00. The highest BCUT2D eigenvalue weighted by Gasteiger charge is 2.56. The third kappa shape index (κ3) is 2.31. The number of benzene rings is 1. The Balaban J connectivity index is 2.14. The zero-order chi connectivity index (χ0) is 15.0. The van der Waals surface area contributed by atoms with Gasteiger partial charge in [-0.25, -0.2) is 4.98 Å². The number of rotatable bonds is 5. The fourth-order valence-corrected chi connectivity index (χ4v) is 2.99. The molecule has 0 unspecified atom stereocenters. The molecule has 1 aliphatic rings. The van der Waals surface area contributed by atoms with Crippen LogP contribution in [-0.4, -0.2) is 22.1 Å². The predicted octanol–water partition coefficient (Wildman–Crippen LogP) is 3.69. The molecule has 0 N–H and O–H groups in total. The molecule has 0 spiro atoms. The van der Waals surface area contributed by atoms with Crippen molar-refractivity contribution in [1.29, 1.82) is 0 Å². The predicted molar refractivity (Wildman–Crippen MR) is 82.6 cm³/mol. The molecule has 0 radical (unpaired) electrons. The van der Waals surface area contributed by atoms with E-state index in [4.69, 9.17) is 21.3 Å². The minimum absolute atomic E-state index is 0.149. The summed E-state index contributed by atoms with van der Waals surface area (Å²) in [4.78, 5) is 17.0. The molecule has 1 aromatic heterocycles. The lowest BCUT2D eigenvalue weighted by Gasteiger charge is -2.15. The van der Waals surface area contributed by atoms with E-state index >= 15 is 0 Å². The highest BCUT2D eigenvalue weighted by molar-refractivity contribution is 6.31. The molecule has 1 aliphatic carbocycles. The minimum atomic E-state index is -0.545. The van der Waals surface area contributed by atoms with Gasteiger partial charge in [0.1, 0.15) is 11.2 Å². The van der Waals surface area contributed by atoms with Gasteiger partial charge >= 0.3 is 5.97 Å². The monoisotopic (exact) mass is 306 g/mol. The van der Waals surface area contributed by atoms with E-state index < -0.39 is 5.41 Å². The van der Waals surface area contributed by atoms with Crippen LogP contribution in [0.5, 0.6) is 0 Å². The summed E-state index contributed by atoms with van der Waals surface area (Å²) in [6.45, 7) is 5.18. The van der Waals surface area contributed by atoms with Crippen LogP contribution in [-0.2, 0) is 21.5 Å². The molecule has 1 saturated carbocycles. The quantitative estimate of drug-likeness (QED) is 0.791. The van der Waals surface area contributed by atoms with E-state index in [0.29, 0.717) is 11.6 Å². The Kier molecular flexibility index (Phi) is 3.66. The Morgan fingerprint density at radius 1 is 1.43 bits per heavy atom. The van der Waals surface area contributed by atoms with Crippen LogP contribution in [0.1, 0.15) is 38.9 Å². The summed E-state index contributed by atoms with van der Waals surface area (Å²) in [6.07, 6.45) is 2.60. The first-order chi connectivity index (χ1) is 10.1. The molecular formula is C16H19ClN2O2. The van der Waals surface area contributed by atoms with Gasteiger partial charge in [0.25, 0.3) is 0 Å². The standard InChI is InChI=1S/C16H19ClN2O2/c1-3-9-19-13-10-11(17)5-6-12(13)18-14(19)16(7-8-16)15(20)21-4-2/h5-6,10H,3-4,7-9H2,1-2H3. The first kappa shape index (κ1) is 14.4. The molecule has 1 fully saturated rings. The Bertz CT molecular complexity index is 689. The van der Waals surface area contributed by atoms with E-state index in [0.717, 1.165) is 42.7 Å². The molecule has 2 aromatic rings. The summed E-state index contributed by atoms with van der Waals surface area (Å²) in [7, 11) is 0. The average molecular weight is 307 g/mol. The number of aromatic nitrogens is 2. The van der Waals surface area contributed by atoms with Crippen molar-refractivity contribution >= 4 is 28.6 Å². The molecular weight excluding hydrogens is 288 g/mol. The van der Waals surface area contributed by atoms with E-state index in [1.807, 2.05) is 25.1 Å². The second-order valence-corrected chi connectivity index (χ2v) is 5.96. The molecule has 4 nitrogen and oxygen atoms in total. The van der Waals surface area contributed by atoms with Crippen LogP contribution in [0.15, 0.2) is 18.2 Å². The lowest BCUT2D eigenvalue weighted by atomic mass is 10.1. The SMILES string of the molecule is CCCn1c(C2(C(=O)OCC)CC2)nc2ccc(Cl)cc21. The van der Waals surface area contributed by atoms with Crippen molar-refractivity contribution in [2.75, 3.05) is 6.61 Å². The van der Waals surface area contributed by atoms with Gasteiger partial charge in [-0.1, -0.05) is 18.5 Å². The number of halogens is 1. The molecule has 0 aliphatic heterocycles. The molecule has 21 heavy (non-hydrogen) atoms. The first-order valence-corrected chi connectivity index (χ1v) is 7.83. The van der Waals surface area contributed by atoms with Crippen LogP contribution in [0, 0.1) is 0 Å². The molecule has 0 bridgehead atoms. The number of fused-ring (bicyclic) bond motifs is 1. The summed E-state index contributed by atoms with van der Waals surface area (Å²) in [5.74, 6) is 0.684. The molecule has 0 saturated heterocycles. The summed E-state index contributed by atoms with van der Waals surface area (Å²) in [6, 6.07) is 5.67. The number of hydrogen-bond acceptors (Lipinski definition) is 3. The van der Waals surface area contributed by atoms with Gasteiger partial charge in [0.05, 0.1) is 17.6 Å². The maximum atomic E-state index is 12.3. The maximum absolute atomic E-state index is 12.3. The topological polar surface area (TPSA) is 44.1 Å². The van der Waals surface area contributed by atoms with E-state index in [9.17, 15) is 4.79 Å². The van der Waals surface area contributed by atoms with Crippen molar-refractivity contribution in [3.8, 4) is 0 Å². The smallest absolute Gasteiger partial charge is 0.319 e.